The Bertz CT molecular complexity index is 1210. The number of halogens is 1. The van der Waals surface area contributed by atoms with E-state index in [0.29, 0.717) is 17.2 Å². The number of aromatic nitrogens is 4. The first-order valence-corrected chi connectivity index (χ1v) is 8.59. The zero-order valence-electron chi connectivity index (χ0n) is 15.0. The standard InChI is InChI=1S/C20H16FN5O2/c1-13-11-18(28)26-20(23-19(24-26)14-5-3-2-4-6-14)25(13)12-17(27)22-16-9-7-15(21)8-10-16/h2-11H,12H2,1H3,(H,22,27). The van der Waals surface area contributed by atoms with Crippen LogP contribution in [-0.2, 0) is 11.3 Å². The molecule has 7 nitrogen and oxygen atoms in total. The molecule has 0 unspecified atom stereocenters. The van der Waals surface area contributed by atoms with Crippen molar-refractivity contribution >= 4 is 17.4 Å². The number of hydrogen-bond donors (Lipinski definition) is 1. The van der Waals surface area contributed by atoms with Gasteiger partial charge in [0.15, 0.2) is 5.82 Å². The highest BCUT2D eigenvalue weighted by atomic mass is 19.1. The van der Waals surface area contributed by atoms with Gasteiger partial charge in [-0.25, -0.2) is 4.39 Å². The van der Waals surface area contributed by atoms with Gasteiger partial charge in [-0.2, -0.15) is 9.50 Å². The molecule has 0 radical (unpaired) electrons. The molecule has 0 aliphatic heterocycles. The van der Waals surface area contributed by atoms with Crippen molar-refractivity contribution in [1.29, 1.82) is 0 Å². The largest absolute Gasteiger partial charge is 0.325 e. The Morgan fingerprint density at radius 3 is 2.54 bits per heavy atom. The lowest BCUT2D eigenvalue weighted by Crippen LogP contribution is -2.25. The molecule has 1 N–H and O–H groups in total. The number of carbonyl (C=O) groups is 1. The lowest BCUT2D eigenvalue weighted by atomic mass is 10.2. The van der Waals surface area contributed by atoms with Gasteiger partial charge in [-0.15, -0.1) is 5.10 Å². The van der Waals surface area contributed by atoms with E-state index in [1.807, 2.05) is 30.3 Å². The number of rotatable bonds is 4. The van der Waals surface area contributed by atoms with Crippen molar-refractivity contribution in [3.8, 4) is 11.4 Å². The summed E-state index contributed by atoms with van der Waals surface area (Å²) in [6, 6.07) is 16.2. The number of benzene rings is 2. The van der Waals surface area contributed by atoms with E-state index in [0.717, 1.165) is 5.56 Å². The van der Waals surface area contributed by atoms with E-state index in [-0.39, 0.29) is 29.6 Å². The van der Waals surface area contributed by atoms with Crippen molar-refractivity contribution in [2.45, 2.75) is 13.5 Å². The van der Waals surface area contributed by atoms with E-state index in [1.165, 1.54) is 34.8 Å². The molecule has 0 atom stereocenters. The van der Waals surface area contributed by atoms with Gasteiger partial charge in [0.25, 0.3) is 5.56 Å². The Morgan fingerprint density at radius 2 is 1.82 bits per heavy atom. The molecule has 2 aromatic heterocycles. The van der Waals surface area contributed by atoms with Crippen molar-refractivity contribution in [3.05, 3.63) is 82.5 Å². The maximum Gasteiger partial charge on any atom is 0.275 e. The molecule has 0 saturated carbocycles. The summed E-state index contributed by atoms with van der Waals surface area (Å²) in [6.07, 6.45) is 0. The fourth-order valence-corrected chi connectivity index (χ4v) is 2.88. The van der Waals surface area contributed by atoms with Crippen molar-refractivity contribution in [1.82, 2.24) is 19.2 Å². The highest BCUT2D eigenvalue weighted by Gasteiger charge is 2.15. The van der Waals surface area contributed by atoms with Gasteiger partial charge < -0.3 is 9.88 Å². The van der Waals surface area contributed by atoms with Crippen LogP contribution in [-0.4, -0.2) is 25.1 Å². The minimum Gasteiger partial charge on any atom is -0.325 e. The van der Waals surface area contributed by atoms with Gasteiger partial charge in [0.1, 0.15) is 12.4 Å². The van der Waals surface area contributed by atoms with Crippen LogP contribution in [0.3, 0.4) is 0 Å². The van der Waals surface area contributed by atoms with Gasteiger partial charge in [-0.1, -0.05) is 30.3 Å². The first-order valence-electron chi connectivity index (χ1n) is 8.59. The van der Waals surface area contributed by atoms with Crippen LogP contribution >= 0.6 is 0 Å². The second-order valence-electron chi connectivity index (χ2n) is 6.28. The van der Waals surface area contributed by atoms with Crippen LogP contribution < -0.4 is 10.9 Å². The number of nitrogens with one attached hydrogen (secondary N) is 1. The molecule has 0 fully saturated rings. The summed E-state index contributed by atoms with van der Waals surface area (Å²) < 4.78 is 15.8. The third-order valence-corrected chi connectivity index (χ3v) is 4.26. The Balaban J connectivity index is 1.70. The van der Waals surface area contributed by atoms with Crippen LogP contribution in [0.5, 0.6) is 0 Å². The first kappa shape index (κ1) is 17.6. The number of anilines is 1. The summed E-state index contributed by atoms with van der Waals surface area (Å²) in [4.78, 5) is 29.2. The summed E-state index contributed by atoms with van der Waals surface area (Å²) in [5.74, 6) is -0.0357. The maximum absolute atomic E-state index is 13.0. The van der Waals surface area contributed by atoms with Crippen LogP contribution in [0.4, 0.5) is 10.1 Å². The van der Waals surface area contributed by atoms with Crippen LogP contribution in [0.1, 0.15) is 5.69 Å². The molecular weight excluding hydrogens is 361 g/mol. The summed E-state index contributed by atoms with van der Waals surface area (Å²) >= 11 is 0. The molecule has 0 aliphatic carbocycles. The molecule has 1 amide bonds. The topological polar surface area (TPSA) is 81.3 Å². The predicted molar refractivity (Wildman–Crippen MR) is 102 cm³/mol. The van der Waals surface area contributed by atoms with Gasteiger partial charge >= 0.3 is 0 Å². The summed E-state index contributed by atoms with van der Waals surface area (Å²) in [7, 11) is 0. The number of carbonyl (C=O) groups excluding carboxylic acids is 1. The van der Waals surface area contributed by atoms with Crippen LogP contribution in [0.15, 0.2) is 65.5 Å². The lowest BCUT2D eigenvalue weighted by molar-refractivity contribution is -0.116. The van der Waals surface area contributed by atoms with Gasteiger partial charge in [-0.3, -0.25) is 9.59 Å². The zero-order valence-corrected chi connectivity index (χ0v) is 15.0. The van der Waals surface area contributed by atoms with Gasteiger partial charge in [-0.05, 0) is 31.2 Å². The molecule has 0 bridgehead atoms. The number of hydrogen-bond acceptors (Lipinski definition) is 4. The Labute approximate surface area is 159 Å². The highest BCUT2D eigenvalue weighted by molar-refractivity contribution is 5.90. The molecule has 28 heavy (non-hydrogen) atoms. The number of fused-ring (bicyclic) bond motifs is 1. The third kappa shape index (κ3) is 3.39. The van der Waals surface area contributed by atoms with Crippen molar-refractivity contribution in [3.63, 3.8) is 0 Å². The van der Waals surface area contributed by atoms with E-state index in [9.17, 15) is 14.0 Å². The molecule has 0 spiro atoms. The van der Waals surface area contributed by atoms with E-state index < -0.39 is 0 Å². The molecule has 4 rings (SSSR count). The summed E-state index contributed by atoms with van der Waals surface area (Å²) in [5, 5.41) is 6.98. The smallest absolute Gasteiger partial charge is 0.275 e. The van der Waals surface area contributed by atoms with Crippen LogP contribution in [0.25, 0.3) is 17.2 Å². The minimum atomic E-state index is -0.382. The third-order valence-electron chi connectivity index (χ3n) is 4.26. The predicted octanol–water partition coefficient (Wildman–Crippen LogP) is 2.64. The molecular formula is C20H16FN5O2. The van der Waals surface area contributed by atoms with Crippen molar-refractivity contribution in [2.75, 3.05) is 5.32 Å². The van der Waals surface area contributed by atoms with E-state index in [4.69, 9.17) is 0 Å². The molecule has 4 aromatic rings. The lowest BCUT2D eigenvalue weighted by Gasteiger charge is -2.11. The highest BCUT2D eigenvalue weighted by Crippen LogP contribution is 2.16. The normalized spacial score (nSPS) is 10.9. The molecule has 2 heterocycles. The molecule has 0 saturated heterocycles. The second kappa shape index (κ2) is 7.07. The molecule has 2 aromatic carbocycles. The molecule has 8 heteroatoms. The van der Waals surface area contributed by atoms with Gasteiger partial charge in [0, 0.05) is 23.0 Å². The Morgan fingerprint density at radius 1 is 1.11 bits per heavy atom. The fourth-order valence-electron chi connectivity index (χ4n) is 2.88. The van der Waals surface area contributed by atoms with Gasteiger partial charge in [0.05, 0.1) is 0 Å². The van der Waals surface area contributed by atoms with E-state index >= 15 is 0 Å². The fraction of sp³-hybridized carbons (Fsp3) is 0.100. The van der Waals surface area contributed by atoms with Crippen molar-refractivity contribution in [2.24, 2.45) is 0 Å². The molecule has 0 aliphatic rings. The van der Waals surface area contributed by atoms with E-state index in [1.54, 1.807) is 11.5 Å². The molecule has 140 valence electrons. The average Bonchev–Trinajstić information content (AvgIpc) is 3.14. The quantitative estimate of drug-likeness (QED) is 0.593. The Kier molecular flexibility index (Phi) is 4.44. The Hall–Kier alpha value is -3.81. The summed E-state index contributed by atoms with van der Waals surface area (Å²) in [6.45, 7) is 1.66. The minimum absolute atomic E-state index is 0.0695. The average molecular weight is 377 g/mol. The van der Waals surface area contributed by atoms with Gasteiger partial charge in [0.2, 0.25) is 11.7 Å². The van der Waals surface area contributed by atoms with E-state index in [2.05, 4.69) is 15.4 Å². The SMILES string of the molecule is Cc1cc(=O)n2nc(-c3ccccc3)nc2n1CC(=O)Nc1ccc(F)cc1. The first-order chi connectivity index (χ1) is 13.5. The second-order valence-corrected chi connectivity index (χ2v) is 6.28. The van der Waals surface area contributed by atoms with Crippen LogP contribution in [0.2, 0.25) is 0 Å². The summed E-state index contributed by atoms with van der Waals surface area (Å²) in [5.41, 5.74) is 1.51. The number of amides is 1. The maximum atomic E-state index is 13.0. The zero-order chi connectivity index (χ0) is 19.7. The number of nitrogens with zero attached hydrogens (tertiary/aromatic N) is 4. The van der Waals surface area contributed by atoms with Crippen LogP contribution in [0, 0.1) is 12.7 Å². The van der Waals surface area contributed by atoms with Crippen molar-refractivity contribution < 1.29 is 9.18 Å². The monoisotopic (exact) mass is 377 g/mol. The number of aryl methyl sites for hydroxylation is 1.